The van der Waals surface area contributed by atoms with Crippen molar-refractivity contribution in [2.75, 3.05) is 44.9 Å². The molecule has 1 aliphatic rings. The largest absolute Gasteiger partial charge is 0.379 e. The molecule has 0 bridgehead atoms. The topological polar surface area (TPSA) is 87.7 Å². The molecule has 33 heavy (non-hydrogen) atoms. The molecule has 10 heteroatoms. The number of carbonyl (C=O) groups excluding carboxylic acids is 1. The number of nitrogens with one attached hydrogen (secondary N) is 2. The molecule has 180 valence electrons. The molecule has 1 amide bonds. The number of halogens is 1. The first-order chi connectivity index (χ1) is 15.9. The first-order valence-electron chi connectivity index (χ1n) is 10.8. The van der Waals surface area contributed by atoms with Crippen LogP contribution >= 0.6 is 11.8 Å². The number of ether oxygens (including phenoxy) is 1. The van der Waals surface area contributed by atoms with Crippen LogP contribution < -0.4 is 10.0 Å². The number of sulfonamides is 1. The van der Waals surface area contributed by atoms with E-state index in [-0.39, 0.29) is 23.3 Å². The van der Waals surface area contributed by atoms with Gasteiger partial charge in [0.1, 0.15) is 11.9 Å². The lowest BCUT2D eigenvalue weighted by molar-refractivity contribution is -0.123. The van der Waals surface area contributed by atoms with E-state index in [1.54, 1.807) is 24.3 Å². The third-order valence-electron chi connectivity index (χ3n) is 5.47. The van der Waals surface area contributed by atoms with Gasteiger partial charge >= 0.3 is 0 Å². The van der Waals surface area contributed by atoms with E-state index in [2.05, 4.69) is 14.9 Å². The fraction of sp³-hybridized carbons (Fsp3) is 0.435. The standard InChI is InChI=1S/C23H30FN3O4S2/c1-32-15-10-21(26-33(29,30)20-8-3-2-4-9-20)23(28)25-17-22(27-11-13-31-14-12-27)18-6-5-7-19(24)16-18/h2-9,16,21-22,26H,10-15,17H2,1H3,(H,25,28). The van der Waals surface area contributed by atoms with Crippen LogP contribution in [-0.4, -0.2) is 70.1 Å². The number of amides is 1. The maximum Gasteiger partial charge on any atom is 0.241 e. The molecule has 0 radical (unpaired) electrons. The first kappa shape index (κ1) is 25.6. The van der Waals surface area contributed by atoms with Crippen LogP contribution in [0.4, 0.5) is 4.39 Å². The highest BCUT2D eigenvalue weighted by Gasteiger charge is 2.28. The van der Waals surface area contributed by atoms with Crippen molar-refractivity contribution < 1.29 is 22.3 Å². The summed E-state index contributed by atoms with van der Waals surface area (Å²) in [6.45, 7) is 2.67. The lowest BCUT2D eigenvalue weighted by Crippen LogP contribution is -2.50. The van der Waals surface area contributed by atoms with Crippen molar-refractivity contribution in [1.29, 1.82) is 0 Å². The van der Waals surface area contributed by atoms with E-state index in [4.69, 9.17) is 4.74 Å². The van der Waals surface area contributed by atoms with Gasteiger partial charge in [0.2, 0.25) is 15.9 Å². The summed E-state index contributed by atoms with van der Waals surface area (Å²) in [5.41, 5.74) is 0.753. The summed E-state index contributed by atoms with van der Waals surface area (Å²) in [4.78, 5) is 15.3. The van der Waals surface area contributed by atoms with Gasteiger partial charge in [0.25, 0.3) is 0 Å². The Kier molecular flexibility index (Phi) is 9.69. The summed E-state index contributed by atoms with van der Waals surface area (Å²) in [6, 6.07) is 13.2. The maximum absolute atomic E-state index is 13.9. The van der Waals surface area contributed by atoms with Gasteiger partial charge in [-0.2, -0.15) is 16.5 Å². The predicted molar refractivity (Wildman–Crippen MR) is 128 cm³/mol. The van der Waals surface area contributed by atoms with Crippen LogP contribution in [0.5, 0.6) is 0 Å². The molecule has 1 aliphatic heterocycles. The molecule has 7 nitrogen and oxygen atoms in total. The lowest BCUT2D eigenvalue weighted by atomic mass is 10.0. The first-order valence-corrected chi connectivity index (χ1v) is 13.7. The van der Waals surface area contributed by atoms with Crippen molar-refractivity contribution in [1.82, 2.24) is 14.9 Å². The van der Waals surface area contributed by atoms with Gasteiger partial charge in [0.05, 0.1) is 24.2 Å². The molecule has 2 aromatic rings. The minimum absolute atomic E-state index is 0.109. The highest BCUT2D eigenvalue weighted by atomic mass is 32.2. The fourth-order valence-corrected chi connectivity index (χ4v) is 5.44. The van der Waals surface area contributed by atoms with Crippen molar-refractivity contribution in [2.24, 2.45) is 0 Å². The van der Waals surface area contributed by atoms with Crippen molar-refractivity contribution in [3.63, 3.8) is 0 Å². The summed E-state index contributed by atoms with van der Waals surface area (Å²) in [6.07, 6.45) is 2.25. The Balaban J connectivity index is 1.73. The van der Waals surface area contributed by atoms with Gasteiger partial charge in [0, 0.05) is 19.6 Å². The average Bonchev–Trinajstić information content (AvgIpc) is 2.83. The number of carbonyl (C=O) groups is 1. The van der Waals surface area contributed by atoms with Crippen LogP contribution in [-0.2, 0) is 19.6 Å². The minimum Gasteiger partial charge on any atom is -0.379 e. The number of benzene rings is 2. The van der Waals surface area contributed by atoms with Gasteiger partial charge in [-0.15, -0.1) is 0 Å². The van der Waals surface area contributed by atoms with E-state index in [0.717, 1.165) is 5.56 Å². The fourth-order valence-electron chi connectivity index (χ4n) is 3.72. The van der Waals surface area contributed by atoms with Crippen LogP contribution in [0.2, 0.25) is 0 Å². The Labute approximate surface area is 199 Å². The number of rotatable bonds is 11. The number of nitrogens with zero attached hydrogens (tertiary/aromatic N) is 1. The summed E-state index contributed by atoms with van der Waals surface area (Å²) in [5.74, 6) is -0.129. The molecule has 2 N–H and O–H groups in total. The molecule has 2 aromatic carbocycles. The number of thioether (sulfide) groups is 1. The SMILES string of the molecule is CSCCC(NS(=O)(=O)c1ccccc1)C(=O)NCC(c1cccc(F)c1)N1CCOCC1. The van der Waals surface area contributed by atoms with E-state index in [1.807, 2.05) is 12.3 Å². The van der Waals surface area contributed by atoms with E-state index in [0.29, 0.717) is 38.5 Å². The van der Waals surface area contributed by atoms with Crippen molar-refractivity contribution in [3.05, 3.63) is 66.0 Å². The lowest BCUT2D eigenvalue weighted by Gasteiger charge is -2.35. The Hall–Kier alpha value is -1.98. The van der Waals surface area contributed by atoms with Crippen LogP contribution in [0.3, 0.4) is 0 Å². The van der Waals surface area contributed by atoms with E-state index < -0.39 is 22.0 Å². The molecular weight excluding hydrogens is 465 g/mol. The predicted octanol–water partition coefficient (Wildman–Crippen LogP) is 2.42. The van der Waals surface area contributed by atoms with Crippen LogP contribution in [0, 0.1) is 5.82 Å². The Morgan fingerprint density at radius 2 is 1.88 bits per heavy atom. The maximum atomic E-state index is 13.9. The zero-order chi connectivity index (χ0) is 23.7. The van der Waals surface area contributed by atoms with Gasteiger partial charge in [-0.1, -0.05) is 30.3 Å². The molecule has 2 unspecified atom stereocenters. The van der Waals surface area contributed by atoms with Gasteiger partial charge in [-0.25, -0.2) is 12.8 Å². The Bertz CT molecular complexity index is 1000. The van der Waals surface area contributed by atoms with E-state index >= 15 is 0 Å². The zero-order valence-corrected chi connectivity index (χ0v) is 20.2. The van der Waals surface area contributed by atoms with Gasteiger partial charge < -0.3 is 10.1 Å². The normalized spacial score (nSPS) is 16.8. The second-order valence-electron chi connectivity index (χ2n) is 7.73. The van der Waals surface area contributed by atoms with Crippen molar-refractivity contribution in [2.45, 2.75) is 23.4 Å². The second-order valence-corrected chi connectivity index (χ2v) is 10.4. The van der Waals surface area contributed by atoms with E-state index in [9.17, 15) is 17.6 Å². The molecule has 0 spiro atoms. The minimum atomic E-state index is -3.85. The monoisotopic (exact) mass is 495 g/mol. The number of hydrogen-bond acceptors (Lipinski definition) is 6. The quantitative estimate of drug-likeness (QED) is 0.498. The second kappa shape index (κ2) is 12.5. The van der Waals surface area contributed by atoms with Crippen LogP contribution in [0.1, 0.15) is 18.0 Å². The van der Waals surface area contributed by atoms with Gasteiger partial charge in [-0.3, -0.25) is 9.69 Å². The third-order valence-corrected chi connectivity index (χ3v) is 7.60. The molecule has 3 rings (SSSR count). The van der Waals surface area contributed by atoms with Gasteiger partial charge in [0.15, 0.2) is 0 Å². The van der Waals surface area contributed by atoms with Crippen LogP contribution in [0.25, 0.3) is 0 Å². The Morgan fingerprint density at radius 1 is 1.15 bits per heavy atom. The summed E-state index contributed by atoms with van der Waals surface area (Å²) >= 11 is 1.54. The molecule has 2 atom stereocenters. The average molecular weight is 496 g/mol. The number of hydrogen-bond donors (Lipinski definition) is 2. The molecule has 0 saturated carbocycles. The molecular formula is C23H30FN3O4S2. The van der Waals surface area contributed by atoms with Crippen molar-refractivity contribution >= 4 is 27.7 Å². The van der Waals surface area contributed by atoms with E-state index in [1.165, 1.54) is 36.0 Å². The smallest absolute Gasteiger partial charge is 0.241 e. The Morgan fingerprint density at radius 3 is 2.55 bits per heavy atom. The highest BCUT2D eigenvalue weighted by molar-refractivity contribution is 7.98. The number of morpholine rings is 1. The summed E-state index contributed by atoms with van der Waals surface area (Å²) in [7, 11) is -3.85. The molecule has 0 aliphatic carbocycles. The molecule has 1 heterocycles. The molecule has 1 fully saturated rings. The van der Waals surface area contributed by atoms with Gasteiger partial charge in [-0.05, 0) is 48.3 Å². The molecule has 0 aromatic heterocycles. The van der Waals surface area contributed by atoms with Crippen molar-refractivity contribution in [3.8, 4) is 0 Å². The zero-order valence-electron chi connectivity index (χ0n) is 18.6. The van der Waals surface area contributed by atoms with Crippen LogP contribution in [0.15, 0.2) is 59.5 Å². The summed E-state index contributed by atoms with van der Waals surface area (Å²) < 4.78 is 47.5. The third kappa shape index (κ3) is 7.51. The molecule has 1 saturated heterocycles. The summed E-state index contributed by atoms with van der Waals surface area (Å²) in [5, 5.41) is 2.90. The highest BCUT2D eigenvalue weighted by Crippen LogP contribution is 2.22.